The second kappa shape index (κ2) is 4.43. The molecule has 2 aliphatic rings. The van der Waals surface area contributed by atoms with Gasteiger partial charge in [0, 0.05) is 0 Å². The quantitative estimate of drug-likeness (QED) is 0.612. The summed E-state index contributed by atoms with van der Waals surface area (Å²) in [6.07, 6.45) is 5.43. The zero-order valence-corrected chi connectivity index (χ0v) is 6.79. The summed E-state index contributed by atoms with van der Waals surface area (Å²) in [6, 6.07) is 0. The molecule has 2 fully saturated rings. The van der Waals surface area contributed by atoms with Crippen molar-refractivity contribution in [1.29, 1.82) is 0 Å². The minimum atomic E-state index is -0.707. The summed E-state index contributed by atoms with van der Waals surface area (Å²) >= 11 is 0. The fourth-order valence-electron chi connectivity index (χ4n) is 2.58. The molecule has 0 aromatic heterocycles. The molecule has 3 unspecified atom stereocenters. The maximum atomic E-state index is 9.92. The normalized spacial score (nSPS) is 42.9. The highest BCUT2D eigenvalue weighted by molar-refractivity contribution is 4.96. The molecule has 0 aliphatic heterocycles. The van der Waals surface area contributed by atoms with E-state index < -0.39 is 11.7 Å². The molecule has 2 saturated carbocycles. The van der Waals surface area contributed by atoms with Crippen LogP contribution in [0.2, 0.25) is 0 Å². The van der Waals surface area contributed by atoms with Crippen molar-refractivity contribution in [2.24, 2.45) is 5.92 Å². The molecular formula is C11H24O2. The number of rotatable bonds is 0. The lowest BCUT2D eigenvalue weighted by molar-refractivity contribution is -0.0710. The highest BCUT2D eigenvalue weighted by atomic mass is 16.3. The predicted molar refractivity (Wildman–Crippen MR) is 55.6 cm³/mol. The number of aliphatic hydroxyl groups is 2. The SMILES string of the molecule is C.C.OC1CCCC2CCC1(O)C2. The summed E-state index contributed by atoms with van der Waals surface area (Å²) in [6.45, 7) is 0. The van der Waals surface area contributed by atoms with Gasteiger partial charge in [-0.05, 0) is 31.6 Å². The first kappa shape index (κ1) is 12.9. The third kappa shape index (κ3) is 2.23. The minimum absolute atomic E-state index is 0. The highest BCUT2D eigenvalue weighted by Crippen LogP contribution is 2.43. The van der Waals surface area contributed by atoms with E-state index in [0.29, 0.717) is 5.92 Å². The van der Waals surface area contributed by atoms with Crippen LogP contribution >= 0.6 is 0 Å². The lowest BCUT2D eigenvalue weighted by Crippen LogP contribution is -2.38. The summed E-state index contributed by atoms with van der Waals surface area (Å²) < 4.78 is 0. The molecule has 3 atom stereocenters. The van der Waals surface area contributed by atoms with Crippen molar-refractivity contribution in [3.63, 3.8) is 0 Å². The van der Waals surface area contributed by atoms with Gasteiger partial charge in [-0.25, -0.2) is 0 Å². The molecule has 80 valence electrons. The molecule has 2 heteroatoms. The van der Waals surface area contributed by atoms with E-state index >= 15 is 0 Å². The molecular weight excluding hydrogens is 164 g/mol. The molecule has 0 radical (unpaired) electrons. The van der Waals surface area contributed by atoms with Crippen LogP contribution in [0.1, 0.15) is 53.4 Å². The van der Waals surface area contributed by atoms with E-state index in [2.05, 4.69) is 0 Å². The molecule has 2 nitrogen and oxygen atoms in total. The van der Waals surface area contributed by atoms with Gasteiger partial charge in [-0.15, -0.1) is 0 Å². The molecule has 0 spiro atoms. The van der Waals surface area contributed by atoms with Gasteiger partial charge in [-0.3, -0.25) is 0 Å². The first-order valence-electron chi connectivity index (χ1n) is 4.61. The Kier molecular flexibility index (Phi) is 4.40. The lowest BCUT2D eigenvalue weighted by atomic mass is 9.93. The van der Waals surface area contributed by atoms with Crippen molar-refractivity contribution in [2.75, 3.05) is 0 Å². The van der Waals surface area contributed by atoms with Gasteiger partial charge in [0.1, 0.15) is 0 Å². The maximum absolute atomic E-state index is 9.92. The molecule has 0 saturated heterocycles. The Balaban J connectivity index is 0.000000720. The summed E-state index contributed by atoms with van der Waals surface area (Å²) in [7, 11) is 0. The molecule has 2 bridgehead atoms. The fraction of sp³-hybridized carbons (Fsp3) is 1.00. The first-order chi connectivity index (χ1) is 5.21. The van der Waals surface area contributed by atoms with Gasteiger partial charge in [0.2, 0.25) is 0 Å². The van der Waals surface area contributed by atoms with Gasteiger partial charge in [0.05, 0.1) is 11.7 Å². The minimum Gasteiger partial charge on any atom is -0.390 e. The van der Waals surface area contributed by atoms with Crippen molar-refractivity contribution >= 4 is 0 Å². The predicted octanol–water partition coefficient (Wildman–Crippen LogP) is 2.33. The number of aliphatic hydroxyl groups excluding tert-OH is 1. The molecule has 0 amide bonds. The fourth-order valence-corrected chi connectivity index (χ4v) is 2.58. The third-order valence-electron chi connectivity index (χ3n) is 3.34. The van der Waals surface area contributed by atoms with E-state index in [0.717, 1.165) is 32.1 Å². The summed E-state index contributed by atoms with van der Waals surface area (Å²) in [5.74, 6) is 0.692. The second-order valence-corrected chi connectivity index (χ2v) is 4.16. The van der Waals surface area contributed by atoms with Crippen LogP contribution in [0.3, 0.4) is 0 Å². The van der Waals surface area contributed by atoms with Crippen molar-refractivity contribution in [3.8, 4) is 0 Å². The van der Waals surface area contributed by atoms with Crippen LogP contribution in [0.25, 0.3) is 0 Å². The summed E-state index contributed by atoms with van der Waals surface area (Å²) in [4.78, 5) is 0. The van der Waals surface area contributed by atoms with Gasteiger partial charge in [0.25, 0.3) is 0 Å². The van der Waals surface area contributed by atoms with E-state index in [1.807, 2.05) is 0 Å². The Morgan fingerprint density at radius 2 is 1.77 bits per heavy atom. The summed E-state index contributed by atoms with van der Waals surface area (Å²) in [5.41, 5.74) is -0.707. The number of fused-ring (bicyclic) bond motifs is 2. The Morgan fingerprint density at radius 1 is 1.08 bits per heavy atom. The van der Waals surface area contributed by atoms with Gasteiger partial charge in [0.15, 0.2) is 0 Å². The van der Waals surface area contributed by atoms with E-state index in [1.54, 1.807) is 0 Å². The molecule has 0 aromatic carbocycles. The van der Waals surface area contributed by atoms with Crippen LogP contribution in [0.15, 0.2) is 0 Å². The van der Waals surface area contributed by atoms with Crippen molar-refractivity contribution in [1.82, 2.24) is 0 Å². The van der Waals surface area contributed by atoms with Crippen molar-refractivity contribution < 1.29 is 10.2 Å². The molecule has 2 aliphatic carbocycles. The van der Waals surface area contributed by atoms with E-state index in [1.165, 1.54) is 6.42 Å². The van der Waals surface area contributed by atoms with E-state index in [9.17, 15) is 10.2 Å². The number of hydrogen-bond donors (Lipinski definition) is 2. The van der Waals surface area contributed by atoms with Crippen molar-refractivity contribution in [2.45, 2.75) is 65.1 Å². The third-order valence-corrected chi connectivity index (χ3v) is 3.34. The molecule has 0 aromatic rings. The molecule has 2 N–H and O–H groups in total. The largest absolute Gasteiger partial charge is 0.390 e. The lowest BCUT2D eigenvalue weighted by Gasteiger charge is -2.27. The Hall–Kier alpha value is -0.0800. The first-order valence-corrected chi connectivity index (χ1v) is 4.61. The van der Waals surface area contributed by atoms with Gasteiger partial charge >= 0.3 is 0 Å². The van der Waals surface area contributed by atoms with Crippen molar-refractivity contribution in [3.05, 3.63) is 0 Å². The van der Waals surface area contributed by atoms with Crippen LogP contribution in [0, 0.1) is 5.92 Å². The van der Waals surface area contributed by atoms with Crippen LogP contribution in [-0.4, -0.2) is 21.9 Å². The van der Waals surface area contributed by atoms with Gasteiger partial charge < -0.3 is 10.2 Å². The Bertz CT molecular complexity index is 156. The Morgan fingerprint density at radius 3 is 2.46 bits per heavy atom. The van der Waals surface area contributed by atoms with Crippen LogP contribution < -0.4 is 0 Å². The van der Waals surface area contributed by atoms with Gasteiger partial charge in [-0.1, -0.05) is 27.7 Å². The number of hydrogen-bond acceptors (Lipinski definition) is 2. The Labute approximate surface area is 82.0 Å². The van der Waals surface area contributed by atoms with Crippen LogP contribution in [0.5, 0.6) is 0 Å². The second-order valence-electron chi connectivity index (χ2n) is 4.16. The monoisotopic (exact) mass is 188 g/mol. The average molecular weight is 188 g/mol. The van der Waals surface area contributed by atoms with E-state index in [4.69, 9.17) is 0 Å². The average Bonchev–Trinajstić information content (AvgIpc) is 2.26. The smallest absolute Gasteiger partial charge is 0.0908 e. The molecule has 2 rings (SSSR count). The maximum Gasteiger partial charge on any atom is 0.0908 e. The standard InChI is InChI=1S/C9H16O2.2CH4/c10-8-3-1-2-7-4-5-9(8,11)6-7;;/h7-8,10-11H,1-6H2;2*1H4. The van der Waals surface area contributed by atoms with E-state index in [-0.39, 0.29) is 14.9 Å². The summed E-state index contributed by atoms with van der Waals surface area (Å²) in [5, 5.41) is 19.5. The zero-order chi connectivity index (χ0) is 7.90. The van der Waals surface area contributed by atoms with Gasteiger partial charge in [-0.2, -0.15) is 0 Å². The topological polar surface area (TPSA) is 40.5 Å². The molecule has 0 heterocycles. The highest BCUT2D eigenvalue weighted by Gasteiger charge is 2.44. The zero-order valence-electron chi connectivity index (χ0n) is 6.79. The molecule has 13 heavy (non-hydrogen) atoms. The van der Waals surface area contributed by atoms with Crippen LogP contribution in [-0.2, 0) is 0 Å². The van der Waals surface area contributed by atoms with Crippen LogP contribution in [0.4, 0.5) is 0 Å².